The molecule has 0 radical (unpaired) electrons. The third kappa shape index (κ3) is 5.95. The summed E-state index contributed by atoms with van der Waals surface area (Å²) in [5.74, 6) is 0.755. The van der Waals surface area contributed by atoms with Crippen molar-refractivity contribution in [3.8, 4) is 0 Å². The van der Waals surface area contributed by atoms with E-state index in [2.05, 4.69) is 48.7 Å². The molecule has 0 aliphatic heterocycles. The molecule has 1 aromatic carbocycles. The maximum Gasteiger partial charge on any atom is 0.0341 e. The van der Waals surface area contributed by atoms with Crippen molar-refractivity contribution in [2.24, 2.45) is 5.92 Å². The van der Waals surface area contributed by atoms with E-state index < -0.39 is 0 Å². The Morgan fingerprint density at radius 3 is 2.28 bits per heavy atom. The second-order valence-corrected chi connectivity index (χ2v) is 5.16. The summed E-state index contributed by atoms with van der Waals surface area (Å²) >= 11 is 0. The topological polar surface area (TPSA) is 24.1 Å². The number of hydrogen-bond donors (Lipinski definition) is 2. The van der Waals surface area contributed by atoms with Crippen molar-refractivity contribution >= 4 is 11.4 Å². The van der Waals surface area contributed by atoms with Gasteiger partial charge in [-0.05, 0) is 36.6 Å². The van der Waals surface area contributed by atoms with E-state index in [9.17, 15) is 0 Å². The summed E-state index contributed by atoms with van der Waals surface area (Å²) in [6.45, 7) is 5.67. The highest BCUT2D eigenvalue weighted by molar-refractivity contribution is 5.53. The van der Waals surface area contributed by atoms with Gasteiger partial charge in [0.1, 0.15) is 0 Å². The summed E-state index contributed by atoms with van der Waals surface area (Å²) in [5.41, 5.74) is 2.38. The van der Waals surface area contributed by atoms with Crippen LogP contribution >= 0.6 is 0 Å². The molecule has 0 aromatic heterocycles. The van der Waals surface area contributed by atoms with Crippen molar-refractivity contribution in [3.05, 3.63) is 24.3 Å². The van der Waals surface area contributed by atoms with Crippen LogP contribution in [0, 0.1) is 5.92 Å². The molecular formula is C16H28N2. The molecule has 2 heteroatoms. The first-order chi connectivity index (χ1) is 8.76. The maximum atomic E-state index is 3.51. The zero-order valence-electron chi connectivity index (χ0n) is 12.1. The maximum absolute atomic E-state index is 3.51. The van der Waals surface area contributed by atoms with E-state index in [1.54, 1.807) is 0 Å². The van der Waals surface area contributed by atoms with Crippen LogP contribution in [0.15, 0.2) is 24.3 Å². The van der Waals surface area contributed by atoms with Gasteiger partial charge in [0, 0.05) is 25.0 Å². The normalized spacial score (nSPS) is 12.2. The minimum Gasteiger partial charge on any atom is -0.388 e. The predicted molar refractivity (Wildman–Crippen MR) is 82.4 cm³/mol. The summed E-state index contributed by atoms with van der Waals surface area (Å²) in [5, 5.41) is 6.64. The number of benzene rings is 1. The summed E-state index contributed by atoms with van der Waals surface area (Å²) in [4.78, 5) is 0. The van der Waals surface area contributed by atoms with Crippen LogP contribution in [-0.4, -0.2) is 13.6 Å². The Hall–Kier alpha value is -1.18. The monoisotopic (exact) mass is 248 g/mol. The van der Waals surface area contributed by atoms with Crippen LogP contribution in [0.25, 0.3) is 0 Å². The summed E-state index contributed by atoms with van der Waals surface area (Å²) < 4.78 is 0. The lowest BCUT2D eigenvalue weighted by molar-refractivity contribution is 0.508. The summed E-state index contributed by atoms with van der Waals surface area (Å²) in [7, 11) is 1.95. The molecule has 1 aromatic rings. The van der Waals surface area contributed by atoms with Crippen LogP contribution in [0.1, 0.15) is 46.0 Å². The first-order valence-corrected chi connectivity index (χ1v) is 7.28. The summed E-state index contributed by atoms with van der Waals surface area (Å²) in [6, 6.07) is 8.48. The van der Waals surface area contributed by atoms with Crippen LogP contribution in [0.3, 0.4) is 0 Å². The van der Waals surface area contributed by atoms with Crippen molar-refractivity contribution in [2.75, 3.05) is 24.2 Å². The molecule has 0 spiro atoms. The Kier molecular flexibility index (Phi) is 7.31. The van der Waals surface area contributed by atoms with Gasteiger partial charge in [-0.3, -0.25) is 0 Å². The largest absolute Gasteiger partial charge is 0.388 e. The van der Waals surface area contributed by atoms with E-state index in [-0.39, 0.29) is 0 Å². The Morgan fingerprint density at radius 1 is 1.00 bits per heavy atom. The number of unbranched alkanes of at least 4 members (excludes halogenated alkanes) is 3. The van der Waals surface area contributed by atoms with Gasteiger partial charge in [-0.15, -0.1) is 0 Å². The lowest BCUT2D eigenvalue weighted by Crippen LogP contribution is -2.11. The minimum absolute atomic E-state index is 0.755. The highest BCUT2D eigenvalue weighted by Crippen LogP contribution is 2.15. The molecule has 1 atom stereocenters. The SMILES string of the molecule is CCCCCCC(C)CNc1ccc(NC)cc1. The second kappa shape index (κ2) is 8.84. The lowest BCUT2D eigenvalue weighted by atomic mass is 10.0. The molecule has 0 aliphatic rings. The van der Waals surface area contributed by atoms with Crippen LogP contribution in [-0.2, 0) is 0 Å². The van der Waals surface area contributed by atoms with Gasteiger partial charge in [0.05, 0.1) is 0 Å². The molecule has 0 amide bonds. The van der Waals surface area contributed by atoms with Gasteiger partial charge in [-0.1, -0.05) is 39.5 Å². The van der Waals surface area contributed by atoms with Crippen molar-refractivity contribution in [1.29, 1.82) is 0 Å². The highest BCUT2D eigenvalue weighted by Gasteiger charge is 2.01. The number of rotatable bonds is 9. The lowest BCUT2D eigenvalue weighted by Gasteiger charge is -2.13. The minimum atomic E-state index is 0.755. The van der Waals surface area contributed by atoms with Gasteiger partial charge < -0.3 is 10.6 Å². The molecule has 2 nitrogen and oxygen atoms in total. The fourth-order valence-corrected chi connectivity index (χ4v) is 2.07. The molecule has 102 valence electrons. The van der Waals surface area contributed by atoms with Gasteiger partial charge >= 0.3 is 0 Å². The van der Waals surface area contributed by atoms with Crippen LogP contribution in [0.2, 0.25) is 0 Å². The van der Waals surface area contributed by atoms with E-state index in [0.717, 1.165) is 18.2 Å². The molecule has 0 bridgehead atoms. The average molecular weight is 248 g/mol. The first-order valence-electron chi connectivity index (χ1n) is 7.28. The first kappa shape index (κ1) is 14.9. The van der Waals surface area contributed by atoms with E-state index in [4.69, 9.17) is 0 Å². The molecule has 1 rings (SSSR count). The molecule has 1 unspecified atom stereocenters. The van der Waals surface area contributed by atoms with Gasteiger partial charge in [0.2, 0.25) is 0 Å². The van der Waals surface area contributed by atoms with E-state index in [0.29, 0.717) is 0 Å². The van der Waals surface area contributed by atoms with Crippen LogP contribution < -0.4 is 10.6 Å². The van der Waals surface area contributed by atoms with E-state index in [1.165, 1.54) is 37.8 Å². The zero-order chi connectivity index (χ0) is 13.2. The van der Waals surface area contributed by atoms with Crippen molar-refractivity contribution in [3.63, 3.8) is 0 Å². The third-order valence-corrected chi connectivity index (χ3v) is 3.38. The number of nitrogens with one attached hydrogen (secondary N) is 2. The average Bonchev–Trinajstić information content (AvgIpc) is 2.42. The number of hydrogen-bond acceptors (Lipinski definition) is 2. The Bertz CT molecular complexity index is 305. The Balaban J connectivity index is 2.18. The molecule has 18 heavy (non-hydrogen) atoms. The quantitative estimate of drug-likeness (QED) is 0.616. The van der Waals surface area contributed by atoms with Crippen LogP contribution in [0.4, 0.5) is 11.4 Å². The molecule has 0 saturated heterocycles. The smallest absolute Gasteiger partial charge is 0.0341 e. The zero-order valence-corrected chi connectivity index (χ0v) is 12.1. The Labute approximate surface area is 112 Å². The third-order valence-electron chi connectivity index (χ3n) is 3.38. The van der Waals surface area contributed by atoms with Crippen molar-refractivity contribution in [1.82, 2.24) is 0 Å². The molecule has 0 aliphatic carbocycles. The number of anilines is 2. The molecule has 0 saturated carbocycles. The van der Waals surface area contributed by atoms with Crippen molar-refractivity contribution < 1.29 is 0 Å². The van der Waals surface area contributed by atoms with Crippen molar-refractivity contribution in [2.45, 2.75) is 46.0 Å². The van der Waals surface area contributed by atoms with E-state index >= 15 is 0 Å². The van der Waals surface area contributed by atoms with Crippen LogP contribution in [0.5, 0.6) is 0 Å². The van der Waals surface area contributed by atoms with Gasteiger partial charge in [0.25, 0.3) is 0 Å². The summed E-state index contributed by atoms with van der Waals surface area (Å²) in [6.07, 6.45) is 6.80. The Morgan fingerprint density at radius 2 is 1.67 bits per heavy atom. The molecule has 2 N–H and O–H groups in total. The highest BCUT2D eigenvalue weighted by atomic mass is 14.9. The fourth-order valence-electron chi connectivity index (χ4n) is 2.07. The molecular weight excluding hydrogens is 220 g/mol. The fraction of sp³-hybridized carbons (Fsp3) is 0.625. The van der Waals surface area contributed by atoms with Gasteiger partial charge in [-0.2, -0.15) is 0 Å². The van der Waals surface area contributed by atoms with Gasteiger partial charge in [-0.25, -0.2) is 0 Å². The van der Waals surface area contributed by atoms with E-state index in [1.807, 2.05) is 7.05 Å². The second-order valence-electron chi connectivity index (χ2n) is 5.16. The standard InChI is InChI=1S/C16H28N2/c1-4-5-6-7-8-14(2)13-18-16-11-9-15(17-3)10-12-16/h9-12,14,17-18H,4-8,13H2,1-3H3. The molecule has 0 fully saturated rings. The molecule has 0 heterocycles. The predicted octanol–water partition coefficient (Wildman–Crippen LogP) is 4.75. The van der Waals surface area contributed by atoms with Gasteiger partial charge in [0.15, 0.2) is 0 Å².